The molecule has 0 bridgehead atoms. The minimum atomic E-state index is 0.590. The second-order valence-electron chi connectivity index (χ2n) is 24.5. The molecule has 0 atom stereocenters. The zero-order valence-corrected chi connectivity index (χ0v) is 51.0. The molecule has 19 aromatic rings. The maximum absolute atomic E-state index is 5.67. The average Bonchev–Trinajstić information content (AvgIpc) is 1.61. The second kappa shape index (κ2) is 21.5. The molecule has 438 valence electrons. The number of aromatic nitrogens is 6. The summed E-state index contributed by atoms with van der Waals surface area (Å²) >= 11 is 0. The highest BCUT2D eigenvalue weighted by Crippen LogP contribution is 2.43. The molecule has 0 aliphatic carbocycles. The van der Waals surface area contributed by atoms with Crippen molar-refractivity contribution in [2.24, 2.45) is 0 Å². The largest absolute Gasteiger partial charge is 0.309 e. The van der Waals surface area contributed by atoms with E-state index in [1.807, 2.05) is 0 Å². The summed E-state index contributed by atoms with van der Waals surface area (Å²) in [4.78, 5) is 11.3. The Hall–Kier alpha value is -12.6. The van der Waals surface area contributed by atoms with Crippen molar-refractivity contribution in [3.8, 4) is 90.0 Å². The monoisotopic (exact) mass is 1200 g/mol. The number of hydrogen-bond acceptors (Lipinski definition) is 2. The predicted octanol–water partition coefficient (Wildman–Crippen LogP) is 22.9. The topological polar surface area (TPSA) is 45.5 Å². The Morgan fingerprint density at radius 3 is 1.04 bits per heavy atom. The normalized spacial score (nSPS) is 11.8. The summed E-state index contributed by atoms with van der Waals surface area (Å²) in [7, 11) is 0. The van der Waals surface area contributed by atoms with E-state index in [9.17, 15) is 0 Å². The van der Waals surface area contributed by atoms with E-state index < -0.39 is 0 Å². The van der Waals surface area contributed by atoms with Crippen LogP contribution in [0.2, 0.25) is 0 Å². The Kier molecular flexibility index (Phi) is 12.2. The van der Waals surface area contributed by atoms with E-state index in [0.29, 0.717) is 5.95 Å². The van der Waals surface area contributed by atoms with Gasteiger partial charge in [0.05, 0.1) is 55.5 Å². The Morgan fingerprint density at radius 1 is 0.170 bits per heavy atom. The molecule has 0 amide bonds. The lowest BCUT2D eigenvalue weighted by Crippen LogP contribution is -2.04. The minimum absolute atomic E-state index is 0.590. The van der Waals surface area contributed by atoms with E-state index in [-0.39, 0.29) is 0 Å². The molecule has 0 aliphatic heterocycles. The first-order chi connectivity index (χ1) is 46.6. The molecule has 6 heteroatoms. The lowest BCUT2D eigenvalue weighted by atomic mass is 9.93. The fourth-order valence-electron chi connectivity index (χ4n) is 14.9. The molecule has 94 heavy (non-hydrogen) atoms. The summed E-state index contributed by atoms with van der Waals surface area (Å²) in [6.45, 7) is 0. The third-order valence-corrected chi connectivity index (χ3v) is 19.2. The third-order valence-electron chi connectivity index (χ3n) is 19.2. The quantitative estimate of drug-likeness (QED) is 0.137. The zero-order chi connectivity index (χ0) is 61.8. The van der Waals surface area contributed by atoms with Crippen molar-refractivity contribution in [2.45, 2.75) is 0 Å². The second-order valence-corrected chi connectivity index (χ2v) is 24.5. The van der Waals surface area contributed by atoms with Crippen molar-refractivity contribution < 1.29 is 0 Å². The molecule has 5 heterocycles. The molecular weight excluding hydrogens is 1140 g/mol. The molecule has 0 fully saturated rings. The Balaban J connectivity index is 0.768. The van der Waals surface area contributed by atoms with E-state index in [0.717, 1.165) is 100 Å². The van der Waals surface area contributed by atoms with E-state index in [1.165, 1.54) is 71.1 Å². The van der Waals surface area contributed by atoms with Gasteiger partial charge in [0.2, 0.25) is 5.95 Å². The Labute approximate surface area is 542 Å². The molecule has 0 unspecified atom stereocenters. The maximum Gasteiger partial charge on any atom is 0.235 e. The number of rotatable bonds is 10. The van der Waals surface area contributed by atoms with Crippen molar-refractivity contribution >= 4 is 87.2 Å². The summed E-state index contributed by atoms with van der Waals surface area (Å²) < 4.78 is 9.46. The lowest BCUT2D eigenvalue weighted by molar-refractivity contribution is 0.995. The molecule has 0 spiro atoms. The van der Waals surface area contributed by atoms with Gasteiger partial charge in [-0.25, -0.2) is 9.97 Å². The number of nitrogens with zero attached hydrogens (tertiary/aromatic N) is 6. The summed E-state index contributed by atoms with van der Waals surface area (Å²) in [6.07, 6.45) is 0. The van der Waals surface area contributed by atoms with Crippen LogP contribution in [0.1, 0.15) is 0 Å². The van der Waals surface area contributed by atoms with Gasteiger partial charge in [0.1, 0.15) is 0 Å². The minimum Gasteiger partial charge on any atom is -0.309 e. The highest BCUT2D eigenvalue weighted by atomic mass is 15.2. The number of fused-ring (bicyclic) bond motifs is 12. The van der Waals surface area contributed by atoms with Crippen LogP contribution in [0.3, 0.4) is 0 Å². The molecule has 0 aliphatic rings. The predicted molar refractivity (Wildman–Crippen MR) is 392 cm³/mol. The van der Waals surface area contributed by atoms with Gasteiger partial charge in [-0.2, -0.15) is 0 Å². The van der Waals surface area contributed by atoms with Crippen molar-refractivity contribution in [3.05, 3.63) is 340 Å². The summed E-state index contributed by atoms with van der Waals surface area (Å²) in [5.41, 5.74) is 25.2. The fourth-order valence-corrected chi connectivity index (χ4v) is 14.9. The van der Waals surface area contributed by atoms with Crippen LogP contribution < -0.4 is 0 Å². The Morgan fingerprint density at radius 2 is 0.511 bits per heavy atom. The van der Waals surface area contributed by atoms with Gasteiger partial charge < -0.3 is 13.7 Å². The highest BCUT2D eigenvalue weighted by molar-refractivity contribution is 6.15. The SMILES string of the molecule is c1ccc(-c2ccccc2-c2cccc(-c3cc(-c4cccc(-n5c6ccccc6c6cc(-c7ccc8c9ccccc9n(-c9ccccc9)c8c7)ccc65)c4)nc(-n4c5ccccc5c5cc(-c6ccc7c8ccccc8n(-c8ccccc8)c7c6)ccc54)n3)c2)cc1. The molecular formula is C88H56N6. The van der Waals surface area contributed by atoms with Crippen LogP contribution in [0.4, 0.5) is 0 Å². The van der Waals surface area contributed by atoms with E-state index in [1.54, 1.807) is 0 Å². The van der Waals surface area contributed by atoms with Crippen LogP contribution in [0.15, 0.2) is 340 Å². The van der Waals surface area contributed by atoms with Gasteiger partial charge in [-0.15, -0.1) is 0 Å². The molecule has 6 nitrogen and oxygen atoms in total. The average molecular weight is 1200 g/mol. The van der Waals surface area contributed by atoms with Gasteiger partial charge in [0.15, 0.2) is 0 Å². The van der Waals surface area contributed by atoms with Gasteiger partial charge in [-0.05, 0) is 154 Å². The standard InChI is InChI=1S/C88H56N6/c1-4-22-57(23-5-1)68-32-10-11-33-69(68)62-24-20-25-63(50-62)78-56-79(90-88(89-78)94-83-41-19-15-37-73(83)77-53-59(45-49-85(77)94)61-43-47-75-71-35-13-17-39-81(71)92(87(75)55-61)66-29-8-3-9-30-66)64-26-21-31-67(51-64)93-82-40-18-14-36-72(82)76-52-58(44-48-84(76)93)60-42-46-74-70-34-12-16-38-80(70)91(86(74)54-60)65-27-6-2-7-28-65/h1-56H. The first-order valence-corrected chi connectivity index (χ1v) is 32.1. The van der Waals surface area contributed by atoms with Crippen LogP contribution in [-0.4, -0.2) is 28.2 Å². The van der Waals surface area contributed by atoms with Crippen LogP contribution in [0.25, 0.3) is 177 Å². The van der Waals surface area contributed by atoms with Crippen molar-refractivity contribution in [3.63, 3.8) is 0 Å². The highest BCUT2D eigenvalue weighted by Gasteiger charge is 2.22. The van der Waals surface area contributed by atoms with Crippen LogP contribution in [0.5, 0.6) is 0 Å². The van der Waals surface area contributed by atoms with Crippen molar-refractivity contribution in [2.75, 3.05) is 0 Å². The zero-order valence-electron chi connectivity index (χ0n) is 51.0. The molecule has 0 radical (unpaired) electrons. The third kappa shape index (κ3) is 8.58. The smallest absolute Gasteiger partial charge is 0.235 e. The van der Waals surface area contributed by atoms with Gasteiger partial charge in [-0.1, -0.05) is 231 Å². The van der Waals surface area contributed by atoms with Gasteiger partial charge >= 0.3 is 0 Å². The first-order valence-electron chi connectivity index (χ1n) is 32.1. The maximum atomic E-state index is 5.67. The molecule has 14 aromatic carbocycles. The van der Waals surface area contributed by atoms with Gasteiger partial charge in [0.25, 0.3) is 0 Å². The first kappa shape index (κ1) is 53.2. The van der Waals surface area contributed by atoms with Crippen LogP contribution in [-0.2, 0) is 0 Å². The summed E-state index contributed by atoms with van der Waals surface area (Å²) in [5, 5.41) is 9.57. The molecule has 0 saturated carbocycles. The van der Waals surface area contributed by atoms with Crippen molar-refractivity contribution in [1.29, 1.82) is 0 Å². The lowest BCUT2D eigenvalue weighted by Gasteiger charge is -2.15. The van der Waals surface area contributed by atoms with Crippen LogP contribution >= 0.6 is 0 Å². The number of benzene rings is 14. The van der Waals surface area contributed by atoms with E-state index >= 15 is 0 Å². The van der Waals surface area contributed by atoms with Crippen molar-refractivity contribution in [1.82, 2.24) is 28.2 Å². The summed E-state index contributed by atoms with van der Waals surface area (Å²) in [6, 6.07) is 123. The molecule has 5 aromatic heterocycles. The Bertz CT molecular complexity index is 6220. The molecule has 0 saturated heterocycles. The molecule has 0 N–H and O–H groups in total. The van der Waals surface area contributed by atoms with E-state index in [4.69, 9.17) is 9.97 Å². The summed E-state index contributed by atoms with van der Waals surface area (Å²) in [5.74, 6) is 0.590. The fraction of sp³-hybridized carbons (Fsp3) is 0. The van der Waals surface area contributed by atoms with Gasteiger partial charge in [-0.3, -0.25) is 4.57 Å². The molecule has 19 rings (SSSR count). The van der Waals surface area contributed by atoms with Crippen LogP contribution in [0, 0.1) is 0 Å². The van der Waals surface area contributed by atoms with Gasteiger partial charge in [0, 0.05) is 71.3 Å². The number of para-hydroxylation sites is 6. The number of hydrogen-bond donors (Lipinski definition) is 0. The van der Waals surface area contributed by atoms with E-state index in [2.05, 4.69) is 358 Å².